The van der Waals surface area contributed by atoms with Crippen LogP contribution in [0, 0.1) is 0 Å². The summed E-state index contributed by atoms with van der Waals surface area (Å²) in [6, 6.07) is 11.2. The molecule has 1 unspecified atom stereocenters. The van der Waals surface area contributed by atoms with E-state index in [1.807, 2.05) is 6.07 Å². The second kappa shape index (κ2) is 12.0. The molecule has 1 aromatic rings. The van der Waals surface area contributed by atoms with E-state index in [2.05, 4.69) is 41.8 Å². The molecular weight excluding hydrogens is 320 g/mol. The molecule has 0 saturated heterocycles. The average Bonchev–Trinajstić information content (AvgIpc) is 2.55. The van der Waals surface area contributed by atoms with Crippen molar-refractivity contribution in [3.63, 3.8) is 0 Å². The molecule has 0 aliphatic carbocycles. The molecule has 1 atom stereocenters. The summed E-state index contributed by atoms with van der Waals surface area (Å²) in [4.78, 5) is 0. The van der Waals surface area contributed by atoms with Crippen molar-refractivity contribution in [2.45, 2.75) is 32.1 Å². The van der Waals surface area contributed by atoms with Gasteiger partial charge in [-0.2, -0.15) is 0 Å². The van der Waals surface area contributed by atoms with Crippen molar-refractivity contribution >= 4 is 21.2 Å². The first-order valence-electron chi connectivity index (χ1n) is 7.32. The average molecular weight is 349 g/mol. The zero-order valence-corrected chi connectivity index (χ0v) is 15.7. The van der Waals surface area contributed by atoms with Gasteiger partial charge >= 0.3 is 8.80 Å². The molecule has 0 aromatic heterocycles. The largest absolute Gasteiger partial charge is 0.500 e. The van der Waals surface area contributed by atoms with E-state index in [1.165, 1.54) is 5.56 Å². The van der Waals surface area contributed by atoms with E-state index in [1.54, 1.807) is 21.3 Å². The lowest BCUT2D eigenvalue weighted by Crippen LogP contribution is -2.44. The highest BCUT2D eigenvalue weighted by Crippen LogP contribution is 2.14. The van der Waals surface area contributed by atoms with Crippen molar-refractivity contribution in [3.8, 4) is 0 Å². The van der Waals surface area contributed by atoms with Gasteiger partial charge in [0, 0.05) is 33.9 Å². The van der Waals surface area contributed by atoms with Crippen molar-refractivity contribution in [2.75, 3.05) is 27.9 Å². The Hall–Kier alpha value is -0.473. The number of rotatable bonds is 11. The molecule has 0 bridgehead atoms. The van der Waals surface area contributed by atoms with Crippen LogP contribution in [0.4, 0.5) is 0 Å². The normalized spacial score (nSPS) is 12.7. The molecule has 22 heavy (non-hydrogen) atoms. The first kappa shape index (κ1) is 21.5. The standard InChI is InChI=1S/C15H28N2O3Si.ClH/c1-14(17-13-15-9-6-5-7-10-15)16-11-8-12-21(18-2,19-3)20-4;/h5-7,9-10,14,16-17H,8,11-13H2,1-4H3;1H. The number of hydrogen-bond acceptors (Lipinski definition) is 5. The quantitative estimate of drug-likeness (QED) is 0.365. The van der Waals surface area contributed by atoms with Crippen LogP contribution in [-0.2, 0) is 19.8 Å². The van der Waals surface area contributed by atoms with Crippen LogP contribution in [-0.4, -0.2) is 42.8 Å². The van der Waals surface area contributed by atoms with Gasteiger partial charge in [0.15, 0.2) is 0 Å². The Morgan fingerprint density at radius 2 is 1.59 bits per heavy atom. The van der Waals surface area contributed by atoms with Crippen molar-refractivity contribution in [1.82, 2.24) is 10.6 Å². The molecule has 7 heteroatoms. The topological polar surface area (TPSA) is 51.8 Å². The molecule has 128 valence electrons. The molecule has 0 aliphatic heterocycles. The maximum absolute atomic E-state index is 5.40. The van der Waals surface area contributed by atoms with Crippen LogP contribution in [0.2, 0.25) is 6.04 Å². The molecule has 0 amide bonds. The van der Waals surface area contributed by atoms with Crippen molar-refractivity contribution in [1.29, 1.82) is 0 Å². The van der Waals surface area contributed by atoms with Gasteiger partial charge in [0.05, 0.1) is 6.17 Å². The Kier molecular flexibility index (Phi) is 11.8. The summed E-state index contributed by atoms with van der Waals surface area (Å²) in [6.07, 6.45) is 1.22. The van der Waals surface area contributed by atoms with Crippen LogP contribution >= 0.6 is 12.4 Å². The summed E-state index contributed by atoms with van der Waals surface area (Å²) in [5.74, 6) is 0. The number of halogens is 1. The smallest absolute Gasteiger partial charge is 0.377 e. The lowest BCUT2D eigenvalue weighted by molar-refractivity contribution is 0.123. The van der Waals surface area contributed by atoms with E-state index in [9.17, 15) is 0 Å². The summed E-state index contributed by atoms with van der Waals surface area (Å²) in [5.41, 5.74) is 1.29. The number of benzene rings is 1. The predicted molar refractivity (Wildman–Crippen MR) is 94.2 cm³/mol. The van der Waals surface area contributed by atoms with Crippen LogP contribution in [0.5, 0.6) is 0 Å². The van der Waals surface area contributed by atoms with Crippen molar-refractivity contribution in [2.24, 2.45) is 0 Å². The molecule has 1 aromatic carbocycles. The molecule has 0 fully saturated rings. The van der Waals surface area contributed by atoms with Gasteiger partial charge < -0.3 is 18.6 Å². The lowest BCUT2D eigenvalue weighted by Gasteiger charge is -2.24. The first-order chi connectivity index (χ1) is 10.2. The van der Waals surface area contributed by atoms with Crippen LogP contribution in [0.3, 0.4) is 0 Å². The molecule has 0 radical (unpaired) electrons. The van der Waals surface area contributed by atoms with Gasteiger partial charge in [-0.05, 0) is 25.5 Å². The summed E-state index contributed by atoms with van der Waals surface area (Å²) >= 11 is 0. The van der Waals surface area contributed by atoms with Crippen LogP contribution < -0.4 is 10.6 Å². The third kappa shape index (κ3) is 7.69. The fourth-order valence-corrected chi connectivity index (χ4v) is 3.84. The van der Waals surface area contributed by atoms with E-state index >= 15 is 0 Å². The molecule has 0 spiro atoms. The van der Waals surface area contributed by atoms with Crippen LogP contribution in [0.25, 0.3) is 0 Å². The Labute approximate surface area is 141 Å². The Balaban J connectivity index is 0.00000441. The summed E-state index contributed by atoms with van der Waals surface area (Å²) < 4.78 is 16.2. The van der Waals surface area contributed by atoms with Crippen LogP contribution in [0.15, 0.2) is 30.3 Å². The maximum atomic E-state index is 5.40. The lowest BCUT2D eigenvalue weighted by atomic mass is 10.2. The SMILES string of the molecule is CO[Si](CCCNC(C)NCc1ccccc1)(OC)OC.Cl. The zero-order valence-electron chi connectivity index (χ0n) is 13.9. The van der Waals surface area contributed by atoms with E-state index in [0.29, 0.717) is 0 Å². The third-order valence-corrected chi connectivity index (χ3v) is 6.33. The third-order valence-electron chi connectivity index (χ3n) is 3.50. The highest BCUT2D eigenvalue weighted by molar-refractivity contribution is 6.60. The number of hydrogen-bond donors (Lipinski definition) is 2. The molecule has 1 rings (SSSR count). The van der Waals surface area contributed by atoms with Crippen molar-refractivity contribution in [3.05, 3.63) is 35.9 Å². The number of nitrogens with one attached hydrogen (secondary N) is 2. The monoisotopic (exact) mass is 348 g/mol. The Morgan fingerprint density at radius 3 is 2.14 bits per heavy atom. The molecule has 0 saturated carbocycles. The van der Waals surface area contributed by atoms with Gasteiger partial charge in [0.1, 0.15) is 0 Å². The highest BCUT2D eigenvalue weighted by Gasteiger charge is 2.36. The first-order valence-corrected chi connectivity index (χ1v) is 9.25. The second-order valence-electron chi connectivity index (χ2n) is 4.94. The highest BCUT2D eigenvalue weighted by atomic mass is 35.5. The Bertz CT molecular complexity index is 372. The summed E-state index contributed by atoms with van der Waals surface area (Å²) in [6.45, 7) is 3.88. The minimum atomic E-state index is -2.42. The minimum absolute atomic E-state index is 0. The Morgan fingerprint density at radius 1 is 1.00 bits per heavy atom. The van der Waals surface area contributed by atoms with E-state index in [4.69, 9.17) is 13.3 Å². The fraction of sp³-hybridized carbons (Fsp3) is 0.600. The maximum Gasteiger partial charge on any atom is 0.500 e. The van der Waals surface area contributed by atoms with Gasteiger partial charge in [-0.15, -0.1) is 12.4 Å². The van der Waals surface area contributed by atoms with Gasteiger partial charge in [-0.25, -0.2) is 0 Å². The predicted octanol–water partition coefficient (Wildman–Crippen LogP) is 2.40. The summed E-state index contributed by atoms with van der Waals surface area (Å²) in [5, 5.41) is 6.89. The molecule has 0 aliphatic rings. The summed E-state index contributed by atoms with van der Waals surface area (Å²) in [7, 11) is 2.53. The van der Waals surface area contributed by atoms with Gasteiger partial charge in [0.2, 0.25) is 0 Å². The van der Waals surface area contributed by atoms with Gasteiger partial charge in [0.25, 0.3) is 0 Å². The second-order valence-corrected chi connectivity index (χ2v) is 8.03. The van der Waals surface area contributed by atoms with Gasteiger partial charge in [-0.3, -0.25) is 5.32 Å². The van der Waals surface area contributed by atoms with Crippen LogP contribution in [0.1, 0.15) is 18.9 Å². The van der Waals surface area contributed by atoms with Crippen molar-refractivity contribution < 1.29 is 13.3 Å². The fourth-order valence-electron chi connectivity index (χ4n) is 2.12. The zero-order chi connectivity index (χ0) is 15.6. The van der Waals surface area contributed by atoms with Gasteiger partial charge in [-0.1, -0.05) is 30.3 Å². The van der Waals surface area contributed by atoms with E-state index in [-0.39, 0.29) is 18.6 Å². The molecule has 5 nitrogen and oxygen atoms in total. The minimum Gasteiger partial charge on any atom is -0.377 e. The van der Waals surface area contributed by atoms with E-state index < -0.39 is 8.80 Å². The molecular formula is C15H29ClN2O3Si. The van der Waals surface area contributed by atoms with E-state index in [0.717, 1.165) is 25.6 Å². The molecule has 0 heterocycles. The molecule has 2 N–H and O–H groups in total.